The fraction of sp³-hybridized carbons (Fsp3) is 0.111. The molecule has 1 unspecified atom stereocenters. The Bertz CT molecular complexity index is 435. The summed E-state index contributed by atoms with van der Waals surface area (Å²) in [5.74, 6) is 0. The van der Waals surface area contributed by atoms with Crippen molar-refractivity contribution in [2.45, 2.75) is 4.83 Å². The number of hydrogen-bond donors (Lipinski definition) is 0. The van der Waals surface area contributed by atoms with E-state index < -0.39 is 0 Å². The molecule has 2 heterocycles. The molecule has 14 heavy (non-hydrogen) atoms. The predicted molar refractivity (Wildman–Crippen MR) is 72.1 cm³/mol. The molecule has 2 rings (SSSR count). The number of alkyl halides is 1. The summed E-state index contributed by atoms with van der Waals surface area (Å²) >= 11 is 16.4. The molecular weight excluding hydrogens is 367 g/mol. The van der Waals surface area contributed by atoms with Crippen LogP contribution in [0.1, 0.15) is 14.6 Å². The first kappa shape index (κ1) is 11.1. The highest BCUT2D eigenvalue weighted by Gasteiger charge is 2.16. The van der Waals surface area contributed by atoms with Gasteiger partial charge in [-0.15, -0.1) is 22.7 Å². The van der Waals surface area contributed by atoms with Gasteiger partial charge in [0.1, 0.15) is 0 Å². The molecular formula is C9H5Br2ClS2. The Kier molecular flexibility index (Phi) is 3.71. The maximum atomic E-state index is 5.90. The van der Waals surface area contributed by atoms with Crippen LogP contribution in [0.3, 0.4) is 0 Å². The maximum absolute atomic E-state index is 5.90. The lowest BCUT2D eigenvalue weighted by atomic mass is 10.3. The monoisotopic (exact) mass is 370 g/mol. The van der Waals surface area contributed by atoms with Gasteiger partial charge in [0.15, 0.2) is 0 Å². The van der Waals surface area contributed by atoms with Crippen molar-refractivity contribution in [2.24, 2.45) is 0 Å². The van der Waals surface area contributed by atoms with E-state index in [4.69, 9.17) is 11.6 Å². The lowest BCUT2D eigenvalue weighted by molar-refractivity contribution is 1.27. The highest BCUT2D eigenvalue weighted by molar-refractivity contribution is 9.11. The van der Waals surface area contributed by atoms with Gasteiger partial charge < -0.3 is 0 Å². The largest absolute Gasteiger partial charge is 0.146 e. The molecule has 0 N–H and O–H groups in total. The summed E-state index contributed by atoms with van der Waals surface area (Å²) in [5.41, 5.74) is 0. The molecule has 0 radical (unpaired) electrons. The van der Waals surface area contributed by atoms with Crippen molar-refractivity contribution >= 4 is 66.1 Å². The van der Waals surface area contributed by atoms with E-state index in [0.717, 1.165) is 8.81 Å². The van der Waals surface area contributed by atoms with Crippen molar-refractivity contribution in [1.82, 2.24) is 0 Å². The highest BCUT2D eigenvalue weighted by Crippen LogP contribution is 2.42. The van der Waals surface area contributed by atoms with E-state index in [2.05, 4.69) is 49.4 Å². The Morgan fingerprint density at radius 1 is 1.29 bits per heavy atom. The van der Waals surface area contributed by atoms with Crippen molar-refractivity contribution in [3.05, 3.63) is 42.1 Å². The fourth-order valence-electron chi connectivity index (χ4n) is 1.08. The molecule has 2 aromatic heterocycles. The van der Waals surface area contributed by atoms with Gasteiger partial charge in [0.05, 0.1) is 9.16 Å². The number of thiophene rings is 2. The molecule has 0 bridgehead atoms. The summed E-state index contributed by atoms with van der Waals surface area (Å²) in [6.07, 6.45) is 0. The van der Waals surface area contributed by atoms with Crippen molar-refractivity contribution in [3.63, 3.8) is 0 Å². The molecule has 0 saturated heterocycles. The number of hydrogen-bond acceptors (Lipinski definition) is 2. The Morgan fingerprint density at radius 3 is 2.57 bits per heavy atom. The molecule has 0 fully saturated rings. The third kappa shape index (κ3) is 2.25. The molecule has 0 aliphatic heterocycles. The first-order valence-electron chi connectivity index (χ1n) is 3.80. The van der Waals surface area contributed by atoms with Gasteiger partial charge in [0.25, 0.3) is 0 Å². The van der Waals surface area contributed by atoms with E-state index in [1.54, 1.807) is 22.7 Å². The van der Waals surface area contributed by atoms with Crippen LogP contribution in [0, 0.1) is 0 Å². The second-order valence-electron chi connectivity index (χ2n) is 2.64. The number of rotatable bonds is 2. The lowest BCUT2D eigenvalue weighted by Crippen LogP contribution is -1.84. The van der Waals surface area contributed by atoms with Crippen LogP contribution in [0.2, 0.25) is 4.34 Å². The summed E-state index contributed by atoms with van der Waals surface area (Å²) in [6, 6.07) is 6.04. The minimum Gasteiger partial charge on any atom is -0.146 e. The zero-order valence-corrected chi connectivity index (χ0v) is 12.4. The third-order valence-electron chi connectivity index (χ3n) is 1.72. The minimum atomic E-state index is 0.245. The lowest BCUT2D eigenvalue weighted by Gasteiger charge is -2.04. The number of halogens is 3. The first-order chi connectivity index (χ1) is 6.68. The zero-order valence-electron chi connectivity index (χ0n) is 6.84. The van der Waals surface area contributed by atoms with E-state index in [-0.39, 0.29) is 4.83 Å². The Morgan fingerprint density at radius 2 is 2.07 bits per heavy atom. The average molecular weight is 373 g/mol. The van der Waals surface area contributed by atoms with Gasteiger partial charge in [0.2, 0.25) is 0 Å². The average Bonchev–Trinajstić information content (AvgIpc) is 2.73. The zero-order chi connectivity index (χ0) is 10.1. The first-order valence-corrected chi connectivity index (χ1v) is 7.59. The molecule has 1 atom stereocenters. The Hall–Kier alpha value is 0.650. The molecule has 2 aromatic rings. The van der Waals surface area contributed by atoms with Gasteiger partial charge in [-0.1, -0.05) is 27.5 Å². The van der Waals surface area contributed by atoms with Gasteiger partial charge in [-0.25, -0.2) is 0 Å². The fourth-order valence-corrected chi connectivity index (χ4v) is 5.11. The highest BCUT2D eigenvalue weighted by atomic mass is 79.9. The van der Waals surface area contributed by atoms with Crippen LogP contribution in [0.15, 0.2) is 28.1 Å². The topological polar surface area (TPSA) is 0 Å². The van der Waals surface area contributed by atoms with Crippen molar-refractivity contribution in [3.8, 4) is 0 Å². The van der Waals surface area contributed by atoms with Crippen LogP contribution in [-0.2, 0) is 0 Å². The van der Waals surface area contributed by atoms with E-state index in [1.165, 1.54) is 9.75 Å². The molecule has 0 aromatic carbocycles. The van der Waals surface area contributed by atoms with E-state index in [0.29, 0.717) is 0 Å². The maximum Gasteiger partial charge on any atom is 0.0931 e. The summed E-state index contributed by atoms with van der Waals surface area (Å²) in [5, 5.41) is 2.07. The molecule has 74 valence electrons. The van der Waals surface area contributed by atoms with Crippen LogP contribution in [0.4, 0.5) is 0 Å². The van der Waals surface area contributed by atoms with Gasteiger partial charge >= 0.3 is 0 Å². The van der Waals surface area contributed by atoms with Crippen LogP contribution in [0.5, 0.6) is 0 Å². The smallest absolute Gasteiger partial charge is 0.0931 e. The molecule has 0 saturated carbocycles. The quantitative estimate of drug-likeness (QED) is 0.592. The van der Waals surface area contributed by atoms with Crippen LogP contribution in [-0.4, -0.2) is 0 Å². The second kappa shape index (κ2) is 4.66. The van der Waals surface area contributed by atoms with Crippen molar-refractivity contribution in [1.29, 1.82) is 0 Å². The van der Waals surface area contributed by atoms with E-state index in [9.17, 15) is 0 Å². The summed E-state index contributed by atoms with van der Waals surface area (Å²) in [4.78, 5) is 2.76. The molecule has 5 heteroatoms. The molecule has 0 spiro atoms. The van der Waals surface area contributed by atoms with E-state index >= 15 is 0 Å². The molecule has 0 amide bonds. The van der Waals surface area contributed by atoms with Crippen molar-refractivity contribution in [2.75, 3.05) is 0 Å². The molecule has 0 aliphatic carbocycles. The standard InChI is InChI=1S/C9H5Br2ClS2/c10-5-3-4-13-9(5)8(11)6-1-2-7(12)14-6/h1-4,8H. The molecule has 0 aliphatic rings. The SMILES string of the molecule is Clc1ccc(C(Br)c2sccc2Br)s1. The summed E-state index contributed by atoms with van der Waals surface area (Å²) in [6.45, 7) is 0. The Labute approximate surface area is 112 Å². The van der Waals surface area contributed by atoms with E-state index in [1.807, 2.05) is 6.07 Å². The van der Waals surface area contributed by atoms with Gasteiger partial charge in [0, 0.05) is 14.2 Å². The van der Waals surface area contributed by atoms with Crippen LogP contribution < -0.4 is 0 Å². The molecule has 0 nitrogen and oxygen atoms in total. The van der Waals surface area contributed by atoms with Crippen LogP contribution >= 0.6 is 66.1 Å². The second-order valence-corrected chi connectivity index (χ2v) is 7.10. The minimum absolute atomic E-state index is 0.245. The summed E-state index contributed by atoms with van der Waals surface area (Å²) < 4.78 is 1.98. The summed E-state index contributed by atoms with van der Waals surface area (Å²) in [7, 11) is 0. The van der Waals surface area contributed by atoms with Crippen molar-refractivity contribution < 1.29 is 0 Å². The Balaban J connectivity index is 2.33. The van der Waals surface area contributed by atoms with Gasteiger partial charge in [-0.3, -0.25) is 0 Å². The normalized spacial score (nSPS) is 13.1. The van der Waals surface area contributed by atoms with Gasteiger partial charge in [-0.2, -0.15) is 0 Å². The van der Waals surface area contributed by atoms with Gasteiger partial charge in [-0.05, 0) is 39.5 Å². The predicted octanol–water partition coefficient (Wildman–Crippen LogP) is 5.71. The van der Waals surface area contributed by atoms with Crippen LogP contribution in [0.25, 0.3) is 0 Å². The third-order valence-corrected chi connectivity index (χ3v) is 6.51.